The van der Waals surface area contributed by atoms with E-state index in [4.69, 9.17) is 30.5 Å². The molecule has 3 rings (SSSR count). The number of aromatic nitrogens is 1. The van der Waals surface area contributed by atoms with E-state index in [1.807, 2.05) is 24.3 Å². The first-order valence-corrected chi connectivity index (χ1v) is 12.6. The van der Waals surface area contributed by atoms with Gasteiger partial charge in [0.15, 0.2) is 11.5 Å². The molecular formula is C28H32ClN3O5. The third kappa shape index (κ3) is 9.31. The fourth-order valence-electron chi connectivity index (χ4n) is 3.34. The van der Waals surface area contributed by atoms with E-state index < -0.39 is 0 Å². The van der Waals surface area contributed by atoms with Gasteiger partial charge >= 0.3 is 0 Å². The topological polar surface area (TPSA) is 91.3 Å². The van der Waals surface area contributed by atoms with E-state index in [-0.39, 0.29) is 12.5 Å². The first-order valence-electron chi connectivity index (χ1n) is 12.2. The molecule has 1 aromatic heterocycles. The largest absolute Gasteiger partial charge is 0.494 e. The van der Waals surface area contributed by atoms with Crippen LogP contribution < -0.4 is 24.4 Å². The molecule has 1 heterocycles. The lowest BCUT2D eigenvalue weighted by atomic mass is 10.2. The molecule has 0 atom stereocenters. The standard InChI is InChI=1S/C28H32ClN3O5/c1-3-4-5-6-15-35-23-7-9-24(10-8-23)36-16-17-37-27-25(29)18-21(19-26(27)34-2)20-31-32-28(33)22-11-13-30-14-12-22/h7-14,18-20H,3-6,15-17H2,1-2H3,(H,32,33)/b31-20-. The summed E-state index contributed by atoms with van der Waals surface area (Å²) >= 11 is 6.42. The molecule has 0 aliphatic rings. The maximum absolute atomic E-state index is 12.1. The number of nitrogens with zero attached hydrogens (tertiary/aromatic N) is 2. The van der Waals surface area contributed by atoms with Gasteiger partial charge in [-0.1, -0.05) is 37.8 Å². The lowest BCUT2D eigenvalue weighted by Crippen LogP contribution is -2.17. The van der Waals surface area contributed by atoms with Crippen molar-refractivity contribution in [3.8, 4) is 23.0 Å². The highest BCUT2D eigenvalue weighted by Crippen LogP contribution is 2.36. The summed E-state index contributed by atoms with van der Waals surface area (Å²) in [5.74, 6) is 2.05. The Morgan fingerprint density at radius 3 is 2.30 bits per heavy atom. The third-order valence-corrected chi connectivity index (χ3v) is 5.54. The number of pyridine rings is 1. The van der Waals surface area contributed by atoms with Crippen LogP contribution in [0.2, 0.25) is 5.02 Å². The predicted octanol–water partition coefficient (Wildman–Crippen LogP) is 5.92. The number of amides is 1. The second kappa shape index (κ2) is 15.4. The number of nitrogens with one attached hydrogen (secondary N) is 1. The number of ether oxygens (including phenoxy) is 4. The van der Waals surface area contributed by atoms with Crippen molar-refractivity contribution in [2.45, 2.75) is 32.6 Å². The van der Waals surface area contributed by atoms with Gasteiger partial charge in [0.2, 0.25) is 0 Å². The Bertz CT molecular complexity index is 1140. The van der Waals surface area contributed by atoms with Crippen molar-refractivity contribution in [2.75, 3.05) is 26.9 Å². The van der Waals surface area contributed by atoms with E-state index in [0.29, 0.717) is 34.3 Å². The molecular weight excluding hydrogens is 494 g/mol. The molecule has 0 bridgehead atoms. The van der Waals surface area contributed by atoms with Crippen LogP contribution in [0.25, 0.3) is 0 Å². The zero-order chi connectivity index (χ0) is 26.3. The van der Waals surface area contributed by atoms with Gasteiger partial charge in [-0.3, -0.25) is 9.78 Å². The first kappa shape index (κ1) is 27.8. The summed E-state index contributed by atoms with van der Waals surface area (Å²) in [4.78, 5) is 16.0. The van der Waals surface area contributed by atoms with E-state index in [2.05, 4.69) is 22.4 Å². The van der Waals surface area contributed by atoms with Gasteiger partial charge in [0.05, 0.1) is 25.0 Å². The zero-order valence-corrected chi connectivity index (χ0v) is 21.9. The van der Waals surface area contributed by atoms with Crippen LogP contribution in [0.4, 0.5) is 0 Å². The molecule has 8 nitrogen and oxygen atoms in total. The van der Waals surface area contributed by atoms with Gasteiger partial charge in [-0.2, -0.15) is 5.10 Å². The number of hydrogen-bond donors (Lipinski definition) is 1. The molecule has 37 heavy (non-hydrogen) atoms. The molecule has 0 radical (unpaired) electrons. The van der Waals surface area contributed by atoms with Crippen LogP contribution in [0.1, 0.15) is 48.5 Å². The Kier molecular flexibility index (Phi) is 11.5. The lowest BCUT2D eigenvalue weighted by Gasteiger charge is -2.14. The van der Waals surface area contributed by atoms with Crippen molar-refractivity contribution < 1.29 is 23.7 Å². The second-order valence-electron chi connectivity index (χ2n) is 8.05. The van der Waals surface area contributed by atoms with E-state index in [1.54, 1.807) is 24.3 Å². The first-order chi connectivity index (χ1) is 18.1. The number of hydrogen-bond acceptors (Lipinski definition) is 7. The minimum absolute atomic E-state index is 0.265. The zero-order valence-electron chi connectivity index (χ0n) is 21.1. The predicted molar refractivity (Wildman–Crippen MR) is 144 cm³/mol. The van der Waals surface area contributed by atoms with Crippen LogP contribution in [0.15, 0.2) is 66.0 Å². The molecule has 0 unspecified atom stereocenters. The average Bonchev–Trinajstić information content (AvgIpc) is 2.92. The quantitative estimate of drug-likeness (QED) is 0.150. The van der Waals surface area contributed by atoms with Gasteiger partial charge in [-0.15, -0.1) is 0 Å². The summed E-state index contributed by atoms with van der Waals surface area (Å²) in [5, 5.41) is 4.33. The Labute approximate surface area is 222 Å². The number of rotatable bonds is 15. The normalized spacial score (nSPS) is 10.8. The average molecular weight is 526 g/mol. The maximum Gasteiger partial charge on any atom is 0.271 e. The molecule has 9 heteroatoms. The van der Waals surface area contributed by atoms with Crippen molar-refractivity contribution in [2.24, 2.45) is 5.10 Å². The molecule has 196 valence electrons. The van der Waals surface area contributed by atoms with Gasteiger partial charge in [0, 0.05) is 18.0 Å². The number of benzene rings is 2. The summed E-state index contributed by atoms with van der Waals surface area (Å²) in [7, 11) is 1.52. The highest BCUT2D eigenvalue weighted by molar-refractivity contribution is 6.32. The molecule has 1 N–H and O–H groups in total. The van der Waals surface area contributed by atoms with Gasteiger partial charge in [-0.25, -0.2) is 5.43 Å². The van der Waals surface area contributed by atoms with Crippen molar-refractivity contribution in [3.63, 3.8) is 0 Å². The van der Waals surface area contributed by atoms with Crippen LogP contribution in [0, 0.1) is 0 Å². The minimum atomic E-state index is -0.346. The highest BCUT2D eigenvalue weighted by atomic mass is 35.5. The molecule has 0 saturated heterocycles. The number of unbranched alkanes of at least 4 members (excludes halogenated alkanes) is 3. The number of halogens is 1. The van der Waals surface area contributed by atoms with Gasteiger partial charge in [-0.05, 0) is 60.5 Å². The third-order valence-electron chi connectivity index (χ3n) is 5.26. The van der Waals surface area contributed by atoms with Crippen LogP contribution in [0.3, 0.4) is 0 Å². The highest BCUT2D eigenvalue weighted by Gasteiger charge is 2.12. The molecule has 0 aliphatic heterocycles. The Morgan fingerprint density at radius 2 is 1.62 bits per heavy atom. The fraction of sp³-hybridized carbons (Fsp3) is 0.321. The molecule has 0 saturated carbocycles. The van der Waals surface area contributed by atoms with E-state index in [0.717, 1.165) is 24.5 Å². The Morgan fingerprint density at radius 1 is 0.946 bits per heavy atom. The van der Waals surface area contributed by atoms with Crippen molar-refractivity contribution in [1.29, 1.82) is 0 Å². The van der Waals surface area contributed by atoms with Gasteiger partial charge in [0.25, 0.3) is 5.91 Å². The Hall–Kier alpha value is -3.78. The molecule has 2 aromatic carbocycles. The molecule has 3 aromatic rings. The smallest absolute Gasteiger partial charge is 0.271 e. The minimum Gasteiger partial charge on any atom is -0.494 e. The second-order valence-corrected chi connectivity index (χ2v) is 8.45. The molecule has 0 aliphatic carbocycles. The van der Waals surface area contributed by atoms with Crippen LogP contribution >= 0.6 is 11.6 Å². The fourth-order valence-corrected chi connectivity index (χ4v) is 3.62. The van der Waals surface area contributed by atoms with E-state index in [9.17, 15) is 4.79 Å². The monoisotopic (exact) mass is 525 g/mol. The number of hydrazone groups is 1. The van der Waals surface area contributed by atoms with E-state index in [1.165, 1.54) is 45.0 Å². The molecule has 0 fully saturated rings. The maximum atomic E-state index is 12.1. The van der Waals surface area contributed by atoms with Crippen molar-refractivity contribution >= 4 is 23.7 Å². The summed E-state index contributed by atoms with van der Waals surface area (Å²) in [6, 6.07) is 14.1. The molecule has 1 amide bonds. The van der Waals surface area contributed by atoms with Crippen LogP contribution in [-0.2, 0) is 0 Å². The van der Waals surface area contributed by atoms with Gasteiger partial charge in [0.1, 0.15) is 24.7 Å². The summed E-state index contributed by atoms with van der Waals surface area (Å²) in [6.45, 7) is 3.50. The van der Waals surface area contributed by atoms with Crippen LogP contribution in [0.5, 0.6) is 23.0 Å². The van der Waals surface area contributed by atoms with E-state index >= 15 is 0 Å². The molecule has 0 spiro atoms. The number of methoxy groups -OCH3 is 1. The number of carbonyl (C=O) groups is 1. The van der Waals surface area contributed by atoms with Gasteiger partial charge < -0.3 is 18.9 Å². The SMILES string of the molecule is CCCCCCOc1ccc(OCCOc2c(Cl)cc(/C=N\NC(=O)c3ccncc3)cc2OC)cc1. The van der Waals surface area contributed by atoms with Crippen molar-refractivity contribution in [1.82, 2.24) is 10.4 Å². The van der Waals surface area contributed by atoms with Crippen molar-refractivity contribution in [3.05, 3.63) is 77.1 Å². The van der Waals surface area contributed by atoms with Crippen LogP contribution in [-0.4, -0.2) is 44.0 Å². The summed E-state index contributed by atoms with van der Waals surface area (Å²) < 4.78 is 22.8. The summed E-state index contributed by atoms with van der Waals surface area (Å²) in [6.07, 6.45) is 9.24. The summed E-state index contributed by atoms with van der Waals surface area (Å²) in [5.41, 5.74) is 3.55. The Balaban J connectivity index is 1.46. The lowest BCUT2D eigenvalue weighted by molar-refractivity contribution is 0.0955. The number of carbonyl (C=O) groups excluding carboxylic acids is 1.